The van der Waals surface area contributed by atoms with Crippen molar-refractivity contribution in [3.05, 3.63) is 0 Å². The quantitative estimate of drug-likeness (QED) is 0.414. The van der Waals surface area contributed by atoms with Crippen molar-refractivity contribution in [1.29, 1.82) is 0 Å². The van der Waals surface area contributed by atoms with Crippen LogP contribution in [-0.4, -0.2) is 106 Å². The molecule has 2 saturated heterocycles. The minimum absolute atomic E-state index is 0.130. The Kier molecular flexibility index (Phi) is 20.5. The third-order valence-electron chi connectivity index (χ3n) is 6.07. The van der Waals surface area contributed by atoms with E-state index in [4.69, 9.17) is 20.3 Å². The number of carbonyl (C=O) groups excluding carboxylic acids is 1. The van der Waals surface area contributed by atoms with E-state index in [0.29, 0.717) is 0 Å². The van der Waals surface area contributed by atoms with Gasteiger partial charge in [-0.2, -0.15) is 0 Å². The number of rotatable bonds is 11. The maximum atomic E-state index is 11.7. The van der Waals surface area contributed by atoms with Gasteiger partial charge >= 0.3 is 5.97 Å². The number of carbonyl (C=O) groups is 2. The van der Waals surface area contributed by atoms with Crippen LogP contribution >= 0.6 is 0 Å². The fourth-order valence-electron chi connectivity index (χ4n) is 3.61. The first-order valence-electron chi connectivity index (χ1n) is 12.7. The van der Waals surface area contributed by atoms with Crippen LogP contribution in [0, 0.1) is 11.8 Å². The van der Waals surface area contributed by atoms with Crippen LogP contribution in [0.3, 0.4) is 0 Å². The van der Waals surface area contributed by atoms with E-state index in [-0.39, 0.29) is 17.7 Å². The maximum Gasteiger partial charge on any atom is 0.306 e. The van der Waals surface area contributed by atoms with Crippen molar-refractivity contribution < 1.29 is 24.2 Å². The summed E-state index contributed by atoms with van der Waals surface area (Å²) < 4.78 is 10.4. The molecule has 196 valence electrons. The molecular weight excluding hydrogens is 424 g/mol. The molecule has 2 aliphatic heterocycles. The van der Waals surface area contributed by atoms with Crippen molar-refractivity contribution in [2.75, 3.05) is 78.8 Å². The number of nitrogens with one attached hydrogen (secondary N) is 1. The van der Waals surface area contributed by atoms with E-state index in [2.05, 4.69) is 29.0 Å². The number of nitrogens with two attached hydrogens (primary N) is 1. The molecular formula is C24H50N4O5. The van der Waals surface area contributed by atoms with E-state index in [1.807, 2.05) is 13.8 Å². The van der Waals surface area contributed by atoms with Gasteiger partial charge in [0.05, 0.1) is 32.3 Å². The second-order valence-electron chi connectivity index (χ2n) is 8.35. The van der Waals surface area contributed by atoms with Gasteiger partial charge in [-0.1, -0.05) is 27.7 Å². The van der Waals surface area contributed by atoms with E-state index in [1.165, 1.54) is 0 Å². The van der Waals surface area contributed by atoms with Gasteiger partial charge in [0.15, 0.2) is 0 Å². The Morgan fingerprint density at radius 3 is 1.58 bits per heavy atom. The average Bonchev–Trinajstić information content (AvgIpc) is 2.83. The Hall–Kier alpha value is -1.26. The van der Waals surface area contributed by atoms with E-state index in [0.717, 1.165) is 104 Å². The highest BCUT2D eigenvalue weighted by Gasteiger charge is 2.14. The van der Waals surface area contributed by atoms with Crippen molar-refractivity contribution in [3.63, 3.8) is 0 Å². The lowest BCUT2D eigenvalue weighted by Crippen LogP contribution is -2.42. The summed E-state index contributed by atoms with van der Waals surface area (Å²) >= 11 is 0. The lowest BCUT2D eigenvalue weighted by atomic mass is 10.0. The fraction of sp³-hybridized carbons (Fsp3) is 0.917. The molecule has 0 bridgehead atoms. The van der Waals surface area contributed by atoms with Crippen LogP contribution in [0.15, 0.2) is 0 Å². The number of nitrogens with zero attached hydrogens (tertiary/aromatic N) is 2. The van der Waals surface area contributed by atoms with Crippen LogP contribution in [0.5, 0.6) is 0 Å². The van der Waals surface area contributed by atoms with Gasteiger partial charge in [-0.25, -0.2) is 0 Å². The predicted octanol–water partition coefficient (Wildman–Crippen LogP) is 1.66. The standard InChI is InChI=1S/C12H24N2O2.C6H14N2O.C6H12O2/c1-3-11(4-2)12(15)13-5-6-14-7-9-16-10-8-14;7-1-2-8-3-5-9-6-4-8;1-3-5(4-2)6(7)8/h11H,3-10H2,1-2H3,(H,13,15);1-7H2;5H,3-4H2,1-2H3,(H,7,8). The number of carboxylic acid groups (broad SMARTS) is 1. The van der Waals surface area contributed by atoms with E-state index in [9.17, 15) is 9.59 Å². The third-order valence-corrected chi connectivity index (χ3v) is 6.07. The molecule has 9 nitrogen and oxygen atoms in total. The molecule has 0 atom stereocenters. The zero-order valence-electron chi connectivity index (χ0n) is 21.5. The SMILES string of the molecule is CCC(CC)C(=O)NCCN1CCOCC1.CCC(CC)C(=O)O.NCCN1CCOCC1. The van der Waals surface area contributed by atoms with Gasteiger partial charge in [-0.15, -0.1) is 0 Å². The van der Waals surface area contributed by atoms with E-state index < -0.39 is 5.97 Å². The summed E-state index contributed by atoms with van der Waals surface area (Å²) in [6.45, 7) is 18.9. The number of amides is 1. The van der Waals surface area contributed by atoms with Crippen LogP contribution in [0.1, 0.15) is 53.4 Å². The number of hydrogen-bond acceptors (Lipinski definition) is 7. The molecule has 0 aromatic rings. The van der Waals surface area contributed by atoms with Crippen molar-refractivity contribution in [2.45, 2.75) is 53.4 Å². The summed E-state index contributed by atoms with van der Waals surface area (Å²) in [6, 6.07) is 0. The van der Waals surface area contributed by atoms with Crippen LogP contribution in [0.25, 0.3) is 0 Å². The predicted molar refractivity (Wildman–Crippen MR) is 132 cm³/mol. The van der Waals surface area contributed by atoms with E-state index >= 15 is 0 Å². The van der Waals surface area contributed by atoms with Gasteiger partial charge in [-0.3, -0.25) is 19.4 Å². The zero-order chi connectivity index (χ0) is 24.9. The highest BCUT2D eigenvalue weighted by molar-refractivity contribution is 5.78. The van der Waals surface area contributed by atoms with Crippen molar-refractivity contribution in [3.8, 4) is 0 Å². The summed E-state index contributed by atoms with van der Waals surface area (Å²) in [6.07, 6.45) is 3.34. The maximum absolute atomic E-state index is 11.7. The minimum Gasteiger partial charge on any atom is -0.481 e. The first-order valence-corrected chi connectivity index (χ1v) is 12.7. The summed E-state index contributed by atoms with van der Waals surface area (Å²) in [5, 5.41) is 11.4. The molecule has 2 fully saturated rings. The molecule has 4 N–H and O–H groups in total. The van der Waals surface area contributed by atoms with Gasteiger partial charge in [0.1, 0.15) is 0 Å². The first-order chi connectivity index (χ1) is 15.9. The van der Waals surface area contributed by atoms with Gasteiger partial charge in [-0.05, 0) is 25.7 Å². The molecule has 1 amide bonds. The lowest BCUT2D eigenvalue weighted by molar-refractivity contribution is -0.141. The molecule has 0 unspecified atom stereocenters. The highest BCUT2D eigenvalue weighted by atomic mass is 16.5. The van der Waals surface area contributed by atoms with Crippen LogP contribution < -0.4 is 11.1 Å². The highest BCUT2D eigenvalue weighted by Crippen LogP contribution is 2.07. The van der Waals surface area contributed by atoms with Crippen molar-refractivity contribution in [1.82, 2.24) is 15.1 Å². The summed E-state index contributed by atoms with van der Waals surface area (Å²) in [4.78, 5) is 26.5. The molecule has 0 spiro atoms. The molecule has 0 aromatic carbocycles. The number of hydrogen-bond donors (Lipinski definition) is 3. The lowest BCUT2D eigenvalue weighted by Gasteiger charge is -2.26. The number of carboxylic acids is 1. The Bertz CT molecular complexity index is 473. The Morgan fingerprint density at radius 1 is 0.818 bits per heavy atom. The molecule has 9 heteroatoms. The normalized spacial score (nSPS) is 17.1. The van der Waals surface area contributed by atoms with Gasteiger partial charge in [0.25, 0.3) is 0 Å². The number of aliphatic carboxylic acids is 1. The second kappa shape index (κ2) is 21.3. The number of morpholine rings is 2. The van der Waals surface area contributed by atoms with Crippen LogP contribution in [0.2, 0.25) is 0 Å². The summed E-state index contributed by atoms with van der Waals surface area (Å²) in [5.74, 6) is -0.409. The smallest absolute Gasteiger partial charge is 0.306 e. The van der Waals surface area contributed by atoms with E-state index in [1.54, 1.807) is 0 Å². The Morgan fingerprint density at radius 2 is 1.24 bits per heavy atom. The number of ether oxygens (including phenoxy) is 2. The van der Waals surface area contributed by atoms with Gasteiger partial charge < -0.3 is 25.6 Å². The largest absolute Gasteiger partial charge is 0.481 e. The minimum atomic E-state index is -0.671. The van der Waals surface area contributed by atoms with Gasteiger partial charge in [0.2, 0.25) is 5.91 Å². The molecule has 0 aromatic heterocycles. The molecule has 2 heterocycles. The average molecular weight is 475 g/mol. The molecule has 0 radical (unpaired) electrons. The molecule has 2 aliphatic rings. The zero-order valence-corrected chi connectivity index (χ0v) is 21.5. The summed E-state index contributed by atoms with van der Waals surface area (Å²) in [7, 11) is 0. The fourth-order valence-corrected chi connectivity index (χ4v) is 3.61. The van der Waals surface area contributed by atoms with Crippen LogP contribution in [-0.2, 0) is 19.1 Å². The molecule has 33 heavy (non-hydrogen) atoms. The first kappa shape index (κ1) is 31.7. The summed E-state index contributed by atoms with van der Waals surface area (Å²) in [5.41, 5.74) is 5.38. The van der Waals surface area contributed by atoms with Gasteiger partial charge in [0, 0.05) is 58.3 Å². The molecule has 0 saturated carbocycles. The van der Waals surface area contributed by atoms with Crippen molar-refractivity contribution >= 4 is 11.9 Å². The van der Waals surface area contributed by atoms with Crippen molar-refractivity contribution in [2.24, 2.45) is 17.6 Å². The van der Waals surface area contributed by atoms with Crippen LogP contribution in [0.4, 0.5) is 0 Å². The second-order valence-corrected chi connectivity index (χ2v) is 8.35. The Balaban J connectivity index is 0.000000511. The molecule has 0 aliphatic carbocycles. The Labute approximate surface area is 201 Å². The topological polar surface area (TPSA) is 117 Å². The monoisotopic (exact) mass is 474 g/mol. The third kappa shape index (κ3) is 16.1. The molecule has 2 rings (SSSR count).